The summed E-state index contributed by atoms with van der Waals surface area (Å²) in [5.41, 5.74) is 0. The number of ether oxygens (including phenoxy) is 2. The van der Waals surface area contributed by atoms with E-state index in [1.165, 1.54) is 6.08 Å². The lowest BCUT2D eigenvalue weighted by molar-refractivity contribution is 0.297. The molecule has 0 amide bonds. The van der Waals surface area contributed by atoms with Crippen LogP contribution in [0, 0.1) is 0 Å². The van der Waals surface area contributed by atoms with Gasteiger partial charge >= 0.3 is 12.0 Å². The zero-order valence-electron chi connectivity index (χ0n) is 8.93. The molecule has 84 valence electrons. The van der Waals surface area contributed by atoms with E-state index in [1.807, 2.05) is 0 Å². The van der Waals surface area contributed by atoms with Gasteiger partial charge in [-0.1, -0.05) is 31.9 Å². The van der Waals surface area contributed by atoms with Crippen LogP contribution >= 0.6 is 0 Å². The molecule has 16 heavy (non-hydrogen) atoms. The Labute approximate surface area is 94.2 Å². The van der Waals surface area contributed by atoms with E-state index in [0.29, 0.717) is 19.0 Å². The Morgan fingerprint density at radius 1 is 0.875 bits per heavy atom. The van der Waals surface area contributed by atoms with E-state index in [2.05, 4.69) is 34.7 Å². The highest BCUT2D eigenvalue weighted by atomic mass is 16.5. The van der Waals surface area contributed by atoms with Crippen molar-refractivity contribution in [3.8, 4) is 12.0 Å². The van der Waals surface area contributed by atoms with E-state index in [9.17, 15) is 0 Å². The minimum absolute atomic E-state index is 0.184. The minimum atomic E-state index is 0.184. The fraction of sp³-hybridized carbons (Fsp3) is 0.182. The molecule has 1 rings (SSSR count). The Balaban J connectivity index is 2.86. The highest BCUT2D eigenvalue weighted by Gasteiger charge is 2.05. The fourth-order valence-electron chi connectivity index (χ4n) is 0.840. The lowest BCUT2D eigenvalue weighted by atomic mass is 10.6. The molecule has 0 radical (unpaired) electrons. The molecule has 0 aliphatic rings. The van der Waals surface area contributed by atoms with Gasteiger partial charge in [-0.3, -0.25) is 0 Å². The van der Waals surface area contributed by atoms with Crippen LogP contribution in [0.5, 0.6) is 12.0 Å². The molecule has 0 bridgehead atoms. The monoisotopic (exact) mass is 219 g/mol. The van der Waals surface area contributed by atoms with Crippen LogP contribution in [0.25, 0.3) is 6.08 Å². The maximum absolute atomic E-state index is 5.18. The molecule has 0 aromatic carbocycles. The Hall–Kier alpha value is -2.17. The molecule has 0 aliphatic heterocycles. The first-order chi connectivity index (χ1) is 7.80. The average Bonchev–Trinajstić information content (AvgIpc) is 2.33. The summed E-state index contributed by atoms with van der Waals surface area (Å²) >= 11 is 0. The van der Waals surface area contributed by atoms with E-state index in [4.69, 9.17) is 9.47 Å². The summed E-state index contributed by atoms with van der Waals surface area (Å²) in [5.74, 6) is 0.396. The van der Waals surface area contributed by atoms with Crippen LogP contribution in [0.3, 0.4) is 0 Å². The van der Waals surface area contributed by atoms with Crippen molar-refractivity contribution in [3.63, 3.8) is 0 Å². The molecule has 5 nitrogen and oxygen atoms in total. The molecule has 0 atom stereocenters. The van der Waals surface area contributed by atoms with Crippen molar-refractivity contribution < 1.29 is 9.47 Å². The van der Waals surface area contributed by atoms with Gasteiger partial charge in [-0.05, 0) is 6.08 Å². The van der Waals surface area contributed by atoms with E-state index >= 15 is 0 Å². The van der Waals surface area contributed by atoms with Gasteiger partial charge in [0.05, 0.1) is 0 Å². The number of hydrogen-bond donors (Lipinski definition) is 0. The molecule has 1 aromatic heterocycles. The van der Waals surface area contributed by atoms with Crippen molar-refractivity contribution in [3.05, 3.63) is 37.7 Å². The van der Waals surface area contributed by atoms with Gasteiger partial charge in [0.2, 0.25) is 0 Å². The molecule has 1 heterocycles. The predicted octanol–water partition coefficient (Wildman–Crippen LogP) is 1.64. The normalized spacial score (nSPS) is 9.25. The zero-order valence-corrected chi connectivity index (χ0v) is 8.93. The van der Waals surface area contributed by atoms with E-state index in [0.717, 1.165) is 0 Å². The first kappa shape index (κ1) is 11.9. The topological polar surface area (TPSA) is 57.1 Å². The smallest absolute Gasteiger partial charge is 0.323 e. The molecule has 0 aliphatic carbocycles. The van der Waals surface area contributed by atoms with Crippen molar-refractivity contribution in [2.45, 2.75) is 0 Å². The number of aromatic nitrogens is 3. The zero-order chi connectivity index (χ0) is 11.8. The third-order valence-electron chi connectivity index (χ3n) is 1.45. The lowest BCUT2D eigenvalue weighted by Crippen LogP contribution is -2.05. The van der Waals surface area contributed by atoms with Crippen molar-refractivity contribution >= 4 is 6.08 Å². The molecule has 5 heteroatoms. The van der Waals surface area contributed by atoms with Gasteiger partial charge in [-0.2, -0.15) is 9.97 Å². The summed E-state index contributed by atoms with van der Waals surface area (Å²) < 4.78 is 10.4. The van der Waals surface area contributed by atoms with Crippen LogP contribution in [0.2, 0.25) is 0 Å². The maximum atomic E-state index is 5.18. The van der Waals surface area contributed by atoms with Gasteiger partial charge in [0.1, 0.15) is 13.2 Å². The van der Waals surface area contributed by atoms with Crippen molar-refractivity contribution in [1.29, 1.82) is 0 Å². The molecule has 0 unspecified atom stereocenters. The molecule has 0 saturated carbocycles. The van der Waals surface area contributed by atoms with E-state index < -0.39 is 0 Å². The summed E-state index contributed by atoms with van der Waals surface area (Å²) in [6, 6.07) is 0.368. The van der Waals surface area contributed by atoms with E-state index in [1.54, 1.807) is 12.2 Å². The Bertz CT molecular complexity index is 361. The van der Waals surface area contributed by atoms with Crippen molar-refractivity contribution in [2.75, 3.05) is 13.2 Å². The largest absolute Gasteiger partial charge is 0.459 e. The molecule has 0 spiro atoms. The highest BCUT2D eigenvalue weighted by Crippen LogP contribution is 2.10. The standard InChI is InChI=1S/C11H13N3O2/c1-4-7-15-10-12-9(6-3)13-11(14-10)16-8-5-2/h4-6H,1-3,7-8H2. The average molecular weight is 219 g/mol. The summed E-state index contributed by atoms with van der Waals surface area (Å²) in [7, 11) is 0. The molecular formula is C11H13N3O2. The Morgan fingerprint density at radius 2 is 1.38 bits per heavy atom. The van der Waals surface area contributed by atoms with Crippen LogP contribution in [0.1, 0.15) is 5.82 Å². The Kier molecular flexibility index (Phi) is 4.72. The molecule has 0 fully saturated rings. The predicted molar refractivity (Wildman–Crippen MR) is 61.3 cm³/mol. The third kappa shape index (κ3) is 3.53. The summed E-state index contributed by atoms with van der Waals surface area (Å²) in [4.78, 5) is 11.9. The van der Waals surface area contributed by atoms with Crippen molar-refractivity contribution in [1.82, 2.24) is 15.0 Å². The molecule has 0 saturated heterocycles. The minimum Gasteiger partial charge on any atom is -0.459 e. The lowest BCUT2D eigenvalue weighted by Gasteiger charge is -2.05. The number of rotatable bonds is 7. The molecule has 1 aromatic rings. The van der Waals surface area contributed by atoms with Gasteiger partial charge < -0.3 is 9.47 Å². The first-order valence-electron chi connectivity index (χ1n) is 4.66. The maximum Gasteiger partial charge on any atom is 0.323 e. The summed E-state index contributed by atoms with van der Waals surface area (Å²) in [5, 5.41) is 0. The van der Waals surface area contributed by atoms with Gasteiger partial charge in [0, 0.05) is 0 Å². The van der Waals surface area contributed by atoms with Gasteiger partial charge in [0.25, 0.3) is 0 Å². The summed E-state index contributed by atoms with van der Waals surface area (Å²) in [6.07, 6.45) is 4.69. The van der Waals surface area contributed by atoms with Crippen LogP contribution in [-0.2, 0) is 0 Å². The number of hydrogen-bond acceptors (Lipinski definition) is 5. The van der Waals surface area contributed by atoms with Gasteiger partial charge in [-0.25, -0.2) is 0 Å². The second-order valence-corrected chi connectivity index (χ2v) is 2.66. The quantitative estimate of drug-likeness (QED) is 0.652. The molecular weight excluding hydrogens is 206 g/mol. The van der Waals surface area contributed by atoms with Crippen LogP contribution < -0.4 is 9.47 Å². The van der Waals surface area contributed by atoms with Crippen molar-refractivity contribution in [2.24, 2.45) is 0 Å². The molecule has 0 N–H and O–H groups in total. The summed E-state index contributed by atoms with van der Waals surface area (Å²) in [6.45, 7) is 11.3. The third-order valence-corrected chi connectivity index (χ3v) is 1.45. The van der Waals surface area contributed by atoms with Crippen LogP contribution in [0.15, 0.2) is 31.9 Å². The first-order valence-corrected chi connectivity index (χ1v) is 4.66. The van der Waals surface area contributed by atoms with Crippen LogP contribution in [0.4, 0.5) is 0 Å². The fourth-order valence-corrected chi connectivity index (χ4v) is 0.840. The van der Waals surface area contributed by atoms with E-state index in [-0.39, 0.29) is 12.0 Å². The highest BCUT2D eigenvalue weighted by molar-refractivity contribution is 5.36. The SMILES string of the molecule is C=CCOc1nc(C=C)nc(OCC=C)n1. The second-order valence-electron chi connectivity index (χ2n) is 2.66. The Morgan fingerprint density at radius 3 is 1.75 bits per heavy atom. The van der Waals surface area contributed by atoms with Crippen LogP contribution in [-0.4, -0.2) is 28.2 Å². The number of nitrogens with zero attached hydrogens (tertiary/aromatic N) is 3. The second kappa shape index (κ2) is 6.34. The van der Waals surface area contributed by atoms with Gasteiger partial charge in [0.15, 0.2) is 5.82 Å². The van der Waals surface area contributed by atoms with Gasteiger partial charge in [-0.15, -0.1) is 4.98 Å².